The SMILES string of the molecule is CC(OCc1ccc(B(O)O)cc1)C(F)(F)F. The first kappa shape index (κ1) is 14.0. The molecule has 7 heteroatoms. The van der Waals surface area contributed by atoms with E-state index in [2.05, 4.69) is 4.74 Å². The van der Waals surface area contributed by atoms with Gasteiger partial charge in [-0.25, -0.2) is 0 Å². The van der Waals surface area contributed by atoms with Crippen molar-refractivity contribution >= 4 is 12.6 Å². The first-order valence-corrected chi connectivity index (χ1v) is 4.94. The lowest BCUT2D eigenvalue weighted by Gasteiger charge is -2.16. The summed E-state index contributed by atoms with van der Waals surface area (Å²) in [7, 11) is -1.58. The van der Waals surface area contributed by atoms with Gasteiger partial charge in [0, 0.05) is 0 Å². The third-order valence-electron chi connectivity index (χ3n) is 2.24. The van der Waals surface area contributed by atoms with Crippen LogP contribution in [0.25, 0.3) is 0 Å². The topological polar surface area (TPSA) is 49.7 Å². The molecule has 0 aromatic heterocycles. The molecule has 0 amide bonds. The van der Waals surface area contributed by atoms with Crippen molar-refractivity contribution in [3.05, 3.63) is 29.8 Å². The lowest BCUT2D eigenvalue weighted by atomic mass is 9.80. The fourth-order valence-corrected chi connectivity index (χ4v) is 1.10. The van der Waals surface area contributed by atoms with Gasteiger partial charge in [0.15, 0.2) is 6.10 Å². The second kappa shape index (κ2) is 5.53. The zero-order valence-electron chi connectivity index (χ0n) is 9.11. The normalized spacial score (nSPS) is 13.5. The van der Waals surface area contributed by atoms with Crippen molar-refractivity contribution in [1.29, 1.82) is 0 Å². The highest BCUT2D eigenvalue weighted by atomic mass is 19.4. The summed E-state index contributed by atoms with van der Waals surface area (Å²) in [4.78, 5) is 0. The van der Waals surface area contributed by atoms with Gasteiger partial charge in [-0.3, -0.25) is 0 Å². The maximum absolute atomic E-state index is 12.1. The quantitative estimate of drug-likeness (QED) is 0.776. The maximum atomic E-state index is 12.1. The van der Waals surface area contributed by atoms with Gasteiger partial charge in [0.2, 0.25) is 0 Å². The molecule has 0 spiro atoms. The number of alkyl halides is 3. The van der Waals surface area contributed by atoms with Gasteiger partial charge in [-0.15, -0.1) is 0 Å². The zero-order chi connectivity index (χ0) is 13.1. The molecule has 0 aliphatic heterocycles. The molecule has 1 unspecified atom stereocenters. The van der Waals surface area contributed by atoms with Gasteiger partial charge in [0.1, 0.15) is 0 Å². The number of ether oxygens (including phenoxy) is 1. The van der Waals surface area contributed by atoms with E-state index < -0.39 is 19.4 Å². The van der Waals surface area contributed by atoms with Crippen LogP contribution in [0.3, 0.4) is 0 Å². The fourth-order valence-electron chi connectivity index (χ4n) is 1.10. The maximum Gasteiger partial charge on any atom is 0.488 e. The molecule has 94 valence electrons. The molecule has 2 N–H and O–H groups in total. The molecule has 0 saturated carbocycles. The molecule has 1 aromatic carbocycles. The minimum atomic E-state index is -4.37. The Morgan fingerprint density at radius 1 is 1.24 bits per heavy atom. The molecule has 0 saturated heterocycles. The average Bonchev–Trinajstić information content (AvgIpc) is 2.25. The van der Waals surface area contributed by atoms with Crippen LogP contribution in [0.1, 0.15) is 12.5 Å². The number of hydrogen-bond donors (Lipinski definition) is 2. The molecule has 3 nitrogen and oxygen atoms in total. The van der Waals surface area contributed by atoms with Crippen LogP contribution in [0.4, 0.5) is 13.2 Å². The number of benzene rings is 1. The second-order valence-corrected chi connectivity index (χ2v) is 3.61. The molecule has 0 heterocycles. The Kier molecular flexibility index (Phi) is 4.56. The molecule has 1 atom stereocenters. The van der Waals surface area contributed by atoms with Crippen molar-refractivity contribution in [2.24, 2.45) is 0 Å². The van der Waals surface area contributed by atoms with Crippen LogP contribution in [0.2, 0.25) is 0 Å². The van der Waals surface area contributed by atoms with Gasteiger partial charge in [0.05, 0.1) is 6.61 Å². The van der Waals surface area contributed by atoms with Crippen LogP contribution in [0, 0.1) is 0 Å². The van der Waals surface area contributed by atoms with E-state index in [1.807, 2.05) is 0 Å². The van der Waals surface area contributed by atoms with Crippen LogP contribution >= 0.6 is 0 Å². The fraction of sp³-hybridized carbons (Fsp3) is 0.400. The lowest BCUT2D eigenvalue weighted by molar-refractivity contribution is -0.217. The molecule has 0 bridgehead atoms. The zero-order valence-corrected chi connectivity index (χ0v) is 9.11. The smallest absolute Gasteiger partial charge is 0.423 e. The summed E-state index contributed by atoms with van der Waals surface area (Å²) in [5.41, 5.74) is 0.808. The second-order valence-electron chi connectivity index (χ2n) is 3.61. The average molecular weight is 248 g/mol. The van der Waals surface area contributed by atoms with E-state index in [0.717, 1.165) is 6.92 Å². The van der Waals surface area contributed by atoms with Gasteiger partial charge in [-0.1, -0.05) is 24.3 Å². The van der Waals surface area contributed by atoms with Gasteiger partial charge < -0.3 is 14.8 Å². The predicted octanol–water partition coefficient (Wildman–Crippen LogP) is 0.834. The van der Waals surface area contributed by atoms with Crippen LogP contribution in [-0.4, -0.2) is 29.4 Å². The van der Waals surface area contributed by atoms with E-state index in [4.69, 9.17) is 10.0 Å². The van der Waals surface area contributed by atoms with E-state index in [-0.39, 0.29) is 12.1 Å². The Balaban J connectivity index is 2.53. The van der Waals surface area contributed by atoms with Crippen LogP contribution in [-0.2, 0) is 11.3 Å². The molecule has 1 rings (SSSR count). The van der Waals surface area contributed by atoms with Crippen molar-refractivity contribution in [2.45, 2.75) is 25.8 Å². The van der Waals surface area contributed by atoms with Crippen molar-refractivity contribution in [3.8, 4) is 0 Å². The number of rotatable bonds is 4. The molecule has 0 radical (unpaired) electrons. The Morgan fingerprint density at radius 3 is 2.18 bits per heavy atom. The Bertz CT molecular complexity index is 351. The van der Waals surface area contributed by atoms with E-state index in [0.29, 0.717) is 5.56 Å². The molecule has 17 heavy (non-hydrogen) atoms. The van der Waals surface area contributed by atoms with Crippen LogP contribution < -0.4 is 5.46 Å². The monoisotopic (exact) mass is 248 g/mol. The van der Waals surface area contributed by atoms with E-state index in [1.54, 1.807) is 0 Å². The first-order valence-electron chi connectivity index (χ1n) is 4.94. The molecular formula is C10H12BF3O3. The van der Waals surface area contributed by atoms with Crippen molar-refractivity contribution in [2.75, 3.05) is 0 Å². The van der Waals surface area contributed by atoms with Crippen LogP contribution in [0.15, 0.2) is 24.3 Å². The highest BCUT2D eigenvalue weighted by Gasteiger charge is 2.36. The molecule has 0 fully saturated rings. The van der Waals surface area contributed by atoms with Gasteiger partial charge >= 0.3 is 13.3 Å². The number of halogens is 3. The summed E-state index contributed by atoms with van der Waals surface area (Å²) in [6.45, 7) is 0.758. The summed E-state index contributed by atoms with van der Waals surface area (Å²) < 4.78 is 41.0. The molecule has 1 aromatic rings. The summed E-state index contributed by atoms with van der Waals surface area (Å²) in [6, 6.07) is 5.80. The van der Waals surface area contributed by atoms with Gasteiger partial charge in [-0.05, 0) is 17.9 Å². The third kappa shape index (κ3) is 4.37. The predicted molar refractivity (Wildman–Crippen MR) is 56.6 cm³/mol. The summed E-state index contributed by atoms with van der Waals surface area (Å²) in [6.07, 6.45) is -6.20. The van der Waals surface area contributed by atoms with E-state index in [1.165, 1.54) is 24.3 Å². The van der Waals surface area contributed by atoms with Gasteiger partial charge in [0.25, 0.3) is 0 Å². The first-order chi connectivity index (χ1) is 7.80. The largest absolute Gasteiger partial charge is 0.488 e. The summed E-state index contributed by atoms with van der Waals surface area (Å²) >= 11 is 0. The Morgan fingerprint density at radius 2 is 1.76 bits per heavy atom. The minimum absolute atomic E-state index is 0.178. The van der Waals surface area contributed by atoms with E-state index >= 15 is 0 Å². The third-order valence-corrected chi connectivity index (χ3v) is 2.24. The molecular weight excluding hydrogens is 236 g/mol. The lowest BCUT2D eigenvalue weighted by Crippen LogP contribution is -2.30. The molecule has 0 aliphatic rings. The van der Waals surface area contributed by atoms with Crippen molar-refractivity contribution < 1.29 is 28.0 Å². The van der Waals surface area contributed by atoms with Gasteiger partial charge in [-0.2, -0.15) is 13.2 Å². The minimum Gasteiger partial charge on any atom is -0.423 e. The Hall–Kier alpha value is -1.05. The highest BCUT2D eigenvalue weighted by Crippen LogP contribution is 2.23. The summed E-state index contributed by atoms with van der Waals surface area (Å²) in [5.74, 6) is 0. The molecule has 0 aliphatic carbocycles. The van der Waals surface area contributed by atoms with Crippen molar-refractivity contribution in [3.63, 3.8) is 0 Å². The van der Waals surface area contributed by atoms with Crippen LogP contribution in [0.5, 0.6) is 0 Å². The number of hydrogen-bond acceptors (Lipinski definition) is 3. The summed E-state index contributed by atoms with van der Waals surface area (Å²) in [5, 5.41) is 17.6. The van der Waals surface area contributed by atoms with Crippen molar-refractivity contribution in [1.82, 2.24) is 0 Å². The van der Waals surface area contributed by atoms with E-state index in [9.17, 15) is 13.2 Å². The Labute approximate surface area is 97.0 Å². The highest BCUT2D eigenvalue weighted by molar-refractivity contribution is 6.58. The standard InChI is InChI=1S/C10H12BF3O3/c1-7(10(12,13)14)17-6-8-2-4-9(5-3-8)11(15)16/h2-5,7,15-16H,6H2,1H3.